The van der Waals surface area contributed by atoms with E-state index in [2.05, 4.69) is 11.9 Å². The standard InChI is InChI=1S/C13H14N2O2S/c1-2-7-18(16,17)15-12-6-4-3-5-10(12)11-8-14-9-13(11)15/h2-6,14H,1,7-9H2. The van der Waals surface area contributed by atoms with Gasteiger partial charge in [-0.2, -0.15) is 0 Å². The van der Waals surface area contributed by atoms with Gasteiger partial charge in [0.05, 0.1) is 17.0 Å². The molecule has 94 valence electrons. The van der Waals surface area contributed by atoms with Crippen molar-refractivity contribution >= 4 is 20.9 Å². The maximum absolute atomic E-state index is 12.3. The molecule has 0 radical (unpaired) electrons. The van der Waals surface area contributed by atoms with Crippen molar-refractivity contribution in [2.24, 2.45) is 0 Å². The van der Waals surface area contributed by atoms with Crippen molar-refractivity contribution in [3.63, 3.8) is 0 Å². The number of nitrogens with zero attached hydrogens (tertiary/aromatic N) is 1. The minimum absolute atomic E-state index is 0.0435. The van der Waals surface area contributed by atoms with E-state index in [0.29, 0.717) is 6.54 Å². The van der Waals surface area contributed by atoms with E-state index in [9.17, 15) is 8.42 Å². The van der Waals surface area contributed by atoms with Crippen LogP contribution in [0.25, 0.3) is 10.9 Å². The van der Waals surface area contributed by atoms with Crippen LogP contribution in [0.3, 0.4) is 0 Å². The maximum atomic E-state index is 12.3. The smallest absolute Gasteiger partial charge is 0.242 e. The van der Waals surface area contributed by atoms with Crippen LogP contribution >= 0.6 is 0 Å². The lowest BCUT2D eigenvalue weighted by Gasteiger charge is -2.08. The van der Waals surface area contributed by atoms with Crippen LogP contribution in [0.2, 0.25) is 0 Å². The van der Waals surface area contributed by atoms with Crippen LogP contribution in [0.1, 0.15) is 11.3 Å². The van der Waals surface area contributed by atoms with E-state index in [4.69, 9.17) is 0 Å². The fourth-order valence-electron chi connectivity index (χ4n) is 2.55. The molecule has 0 unspecified atom stereocenters. The molecule has 0 amide bonds. The van der Waals surface area contributed by atoms with Gasteiger partial charge in [0.2, 0.25) is 10.0 Å². The average molecular weight is 262 g/mol. The molecular weight excluding hydrogens is 248 g/mol. The molecular formula is C13H14N2O2S. The fraction of sp³-hybridized carbons (Fsp3) is 0.231. The third kappa shape index (κ3) is 1.51. The van der Waals surface area contributed by atoms with E-state index < -0.39 is 10.0 Å². The summed E-state index contributed by atoms with van der Waals surface area (Å²) in [5.74, 6) is -0.0435. The Morgan fingerprint density at radius 3 is 2.89 bits per heavy atom. The second kappa shape index (κ2) is 3.96. The molecule has 0 bridgehead atoms. The molecule has 1 N–H and O–H groups in total. The number of hydrogen-bond acceptors (Lipinski definition) is 3. The van der Waals surface area contributed by atoms with Crippen molar-refractivity contribution in [3.05, 3.63) is 48.2 Å². The average Bonchev–Trinajstić information content (AvgIpc) is 2.87. The zero-order valence-electron chi connectivity index (χ0n) is 9.89. The Labute approximate surface area is 106 Å². The highest BCUT2D eigenvalue weighted by atomic mass is 32.2. The molecule has 1 aromatic heterocycles. The zero-order valence-corrected chi connectivity index (χ0v) is 10.7. The van der Waals surface area contributed by atoms with Gasteiger partial charge in [0.1, 0.15) is 0 Å². The predicted molar refractivity (Wildman–Crippen MR) is 71.9 cm³/mol. The van der Waals surface area contributed by atoms with E-state index in [1.165, 1.54) is 10.0 Å². The van der Waals surface area contributed by atoms with E-state index in [1.807, 2.05) is 24.3 Å². The minimum Gasteiger partial charge on any atom is -0.307 e. The van der Waals surface area contributed by atoms with Gasteiger partial charge in [-0.15, -0.1) is 6.58 Å². The van der Waals surface area contributed by atoms with Gasteiger partial charge >= 0.3 is 0 Å². The quantitative estimate of drug-likeness (QED) is 0.855. The summed E-state index contributed by atoms with van der Waals surface area (Å²) in [6, 6.07) is 7.63. The Morgan fingerprint density at radius 1 is 1.33 bits per heavy atom. The molecule has 1 aliphatic heterocycles. The third-order valence-corrected chi connectivity index (χ3v) is 4.87. The summed E-state index contributed by atoms with van der Waals surface area (Å²) in [7, 11) is -3.36. The zero-order chi connectivity index (χ0) is 12.8. The number of hydrogen-bond donors (Lipinski definition) is 1. The molecule has 0 spiro atoms. The number of aromatic nitrogens is 1. The third-order valence-electron chi connectivity index (χ3n) is 3.24. The first-order valence-corrected chi connectivity index (χ1v) is 7.42. The van der Waals surface area contributed by atoms with E-state index in [-0.39, 0.29) is 5.75 Å². The molecule has 0 fully saturated rings. The van der Waals surface area contributed by atoms with E-state index in [0.717, 1.165) is 28.7 Å². The summed E-state index contributed by atoms with van der Waals surface area (Å²) in [6.45, 7) is 4.85. The Balaban J connectivity index is 2.39. The van der Waals surface area contributed by atoms with Gasteiger partial charge in [0.15, 0.2) is 0 Å². The molecule has 2 heterocycles. The van der Waals surface area contributed by atoms with E-state index >= 15 is 0 Å². The monoisotopic (exact) mass is 262 g/mol. The van der Waals surface area contributed by atoms with Gasteiger partial charge in [-0.1, -0.05) is 24.3 Å². The van der Waals surface area contributed by atoms with Gasteiger partial charge in [-0.05, 0) is 11.6 Å². The normalized spacial score (nSPS) is 14.9. The van der Waals surface area contributed by atoms with E-state index in [1.54, 1.807) is 0 Å². The summed E-state index contributed by atoms with van der Waals surface area (Å²) in [5, 5.41) is 4.22. The summed E-state index contributed by atoms with van der Waals surface area (Å²) in [5.41, 5.74) is 2.72. The maximum Gasteiger partial charge on any atom is 0.242 e. The molecule has 3 rings (SSSR count). The van der Waals surface area contributed by atoms with Gasteiger partial charge in [-0.3, -0.25) is 0 Å². The molecule has 1 aromatic carbocycles. The van der Waals surface area contributed by atoms with Gasteiger partial charge in [-0.25, -0.2) is 12.4 Å². The van der Waals surface area contributed by atoms with Crippen LogP contribution in [-0.2, 0) is 23.1 Å². The summed E-state index contributed by atoms with van der Waals surface area (Å²) >= 11 is 0. The lowest BCUT2D eigenvalue weighted by molar-refractivity contribution is 0.589. The topological polar surface area (TPSA) is 51.1 Å². The molecule has 5 heteroatoms. The fourth-order valence-corrected chi connectivity index (χ4v) is 3.97. The number of rotatable bonds is 3. The van der Waals surface area contributed by atoms with Gasteiger partial charge in [0.25, 0.3) is 0 Å². The van der Waals surface area contributed by atoms with Crippen molar-refractivity contribution < 1.29 is 8.42 Å². The van der Waals surface area contributed by atoms with Crippen LogP contribution in [0, 0.1) is 0 Å². The first kappa shape index (κ1) is 11.5. The Bertz CT molecular complexity index is 729. The molecule has 0 saturated heterocycles. The van der Waals surface area contributed by atoms with Gasteiger partial charge in [0, 0.05) is 18.5 Å². The Morgan fingerprint density at radius 2 is 2.11 bits per heavy atom. The van der Waals surface area contributed by atoms with Crippen LogP contribution in [0.5, 0.6) is 0 Å². The number of fused-ring (bicyclic) bond motifs is 3. The second-order valence-electron chi connectivity index (χ2n) is 4.38. The molecule has 2 aromatic rings. The van der Waals surface area contributed by atoms with Crippen LogP contribution in [-0.4, -0.2) is 18.1 Å². The van der Waals surface area contributed by atoms with Gasteiger partial charge < -0.3 is 5.32 Å². The summed E-state index contributed by atoms with van der Waals surface area (Å²) in [6.07, 6.45) is 1.43. The lowest BCUT2D eigenvalue weighted by Crippen LogP contribution is -2.18. The van der Waals surface area contributed by atoms with Crippen LogP contribution < -0.4 is 5.32 Å². The van der Waals surface area contributed by atoms with Crippen molar-refractivity contribution in [1.82, 2.24) is 9.29 Å². The first-order chi connectivity index (χ1) is 8.65. The number of nitrogens with one attached hydrogen (secondary N) is 1. The SMILES string of the molecule is C=CCS(=O)(=O)n1c2c(c3ccccc31)CNC2. The first-order valence-electron chi connectivity index (χ1n) is 5.81. The largest absolute Gasteiger partial charge is 0.307 e. The molecule has 0 atom stereocenters. The molecule has 18 heavy (non-hydrogen) atoms. The van der Waals surface area contributed by atoms with Crippen molar-refractivity contribution in [2.45, 2.75) is 13.1 Å². The number of para-hydroxylation sites is 1. The number of benzene rings is 1. The summed E-state index contributed by atoms with van der Waals surface area (Å²) < 4.78 is 26.1. The molecule has 4 nitrogen and oxygen atoms in total. The highest BCUT2D eigenvalue weighted by Gasteiger charge is 2.26. The summed E-state index contributed by atoms with van der Waals surface area (Å²) in [4.78, 5) is 0. The van der Waals surface area contributed by atoms with Crippen LogP contribution in [0.4, 0.5) is 0 Å². The van der Waals surface area contributed by atoms with Crippen LogP contribution in [0.15, 0.2) is 36.9 Å². The lowest BCUT2D eigenvalue weighted by atomic mass is 10.1. The highest BCUT2D eigenvalue weighted by molar-refractivity contribution is 7.90. The Kier molecular flexibility index (Phi) is 2.53. The molecule has 0 aliphatic carbocycles. The van der Waals surface area contributed by atoms with Crippen molar-refractivity contribution in [1.29, 1.82) is 0 Å². The minimum atomic E-state index is -3.36. The second-order valence-corrected chi connectivity index (χ2v) is 6.24. The predicted octanol–water partition coefficient (Wildman–Crippen LogP) is 1.61. The highest BCUT2D eigenvalue weighted by Crippen LogP contribution is 2.30. The molecule has 0 saturated carbocycles. The van der Waals surface area contributed by atoms with Crippen molar-refractivity contribution in [2.75, 3.05) is 5.75 Å². The molecule has 1 aliphatic rings. The Hall–Kier alpha value is -1.59. The van der Waals surface area contributed by atoms with Crippen molar-refractivity contribution in [3.8, 4) is 0 Å².